The molecule has 3 heteroatoms. The molecule has 0 aliphatic carbocycles. The van der Waals surface area contributed by atoms with E-state index in [0.717, 1.165) is 12.0 Å². The molecule has 1 atom stereocenters. The molecule has 0 aromatic heterocycles. The molecule has 0 bridgehead atoms. The number of carbonyl (C=O) groups excluding carboxylic acids is 1. The van der Waals surface area contributed by atoms with Gasteiger partial charge in [-0.2, -0.15) is 0 Å². The van der Waals surface area contributed by atoms with Crippen LogP contribution in [0.15, 0.2) is 18.2 Å². The second-order valence-electron chi connectivity index (χ2n) is 4.92. The highest BCUT2D eigenvalue weighted by molar-refractivity contribution is 5.90. The number of benzene rings is 1. The van der Waals surface area contributed by atoms with Gasteiger partial charge in [0, 0.05) is 5.69 Å². The summed E-state index contributed by atoms with van der Waals surface area (Å²) in [6, 6.07) is 5.20. The van der Waals surface area contributed by atoms with Crippen LogP contribution in [-0.2, 0) is 4.74 Å². The number of nitrogens with two attached hydrogens (primary N) is 1. The average Bonchev–Trinajstić information content (AvgIpc) is 2.20. The van der Waals surface area contributed by atoms with Crippen LogP contribution < -0.4 is 5.73 Å². The largest absolute Gasteiger partial charge is 0.459 e. The van der Waals surface area contributed by atoms with E-state index in [9.17, 15) is 4.79 Å². The van der Waals surface area contributed by atoms with Gasteiger partial charge in [0.25, 0.3) is 0 Å². The van der Waals surface area contributed by atoms with Crippen LogP contribution in [0.1, 0.15) is 43.1 Å². The minimum Gasteiger partial charge on any atom is -0.459 e. The van der Waals surface area contributed by atoms with E-state index in [1.807, 2.05) is 13.8 Å². The highest BCUT2D eigenvalue weighted by atomic mass is 16.5. The number of hydrogen-bond acceptors (Lipinski definition) is 3. The van der Waals surface area contributed by atoms with Crippen molar-refractivity contribution in [3.63, 3.8) is 0 Å². The van der Waals surface area contributed by atoms with Gasteiger partial charge in [0.15, 0.2) is 0 Å². The third-order valence-corrected chi connectivity index (χ3v) is 2.62. The van der Waals surface area contributed by atoms with E-state index >= 15 is 0 Å². The number of anilines is 1. The summed E-state index contributed by atoms with van der Waals surface area (Å²) in [6.45, 7) is 8.01. The van der Waals surface area contributed by atoms with Gasteiger partial charge >= 0.3 is 5.97 Å². The lowest BCUT2D eigenvalue weighted by atomic mass is 10.1. The van der Waals surface area contributed by atoms with Crippen molar-refractivity contribution in [1.29, 1.82) is 0 Å². The third kappa shape index (κ3) is 4.10. The molecule has 0 saturated heterocycles. The summed E-state index contributed by atoms with van der Waals surface area (Å²) in [5.41, 5.74) is 7.86. The Morgan fingerprint density at radius 2 is 2.00 bits per heavy atom. The summed E-state index contributed by atoms with van der Waals surface area (Å²) in [5.74, 6) is 0.243. The van der Waals surface area contributed by atoms with E-state index in [1.165, 1.54) is 0 Å². The fraction of sp³-hybridized carbons (Fsp3) is 0.500. The summed E-state index contributed by atoms with van der Waals surface area (Å²) in [5, 5.41) is 0. The number of esters is 1. The first kappa shape index (κ1) is 13.6. The van der Waals surface area contributed by atoms with Crippen LogP contribution in [0.25, 0.3) is 0 Å². The van der Waals surface area contributed by atoms with E-state index < -0.39 is 0 Å². The van der Waals surface area contributed by atoms with Crippen molar-refractivity contribution in [2.24, 2.45) is 5.92 Å². The molecule has 0 aliphatic heterocycles. The molecule has 0 fully saturated rings. The maximum absolute atomic E-state index is 11.8. The average molecular weight is 235 g/mol. The summed E-state index contributed by atoms with van der Waals surface area (Å²) in [4.78, 5) is 11.8. The molecule has 17 heavy (non-hydrogen) atoms. The van der Waals surface area contributed by atoms with Crippen LogP contribution in [0.2, 0.25) is 0 Å². The Hall–Kier alpha value is -1.51. The predicted octanol–water partition coefficient (Wildman–Crippen LogP) is 3.17. The molecule has 1 unspecified atom stereocenters. The van der Waals surface area contributed by atoms with Crippen molar-refractivity contribution in [3.05, 3.63) is 29.3 Å². The van der Waals surface area contributed by atoms with E-state index in [4.69, 9.17) is 10.5 Å². The number of hydrogen-bond donors (Lipinski definition) is 1. The first-order valence-electron chi connectivity index (χ1n) is 5.97. The highest BCUT2D eigenvalue weighted by Gasteiger charge is 2.13. The molecule has 2 N–H and O–H groups in total. The van der Waals surface area contributed by atoms with Gasteiger partial charge in [0.05, 0.1) is 11.7 Å². The molecule has 0 aliphatic rings. The standard InChI is InChI=1S/C14H21NO2/c1-9(2)7-11(4)17-14(16)12-5-6-13(15)10(3)8-12/h5-6,8-9,11H,7,15H2,1-4H3. The van der Waals surface area contributed by atoms with E-state index in [-0.39, 0.29) is 12.1 Å². The third-order valence-electron chi connectivity index (χ3n) is 2.62. The lowest BCUT2D eigenvalue weighted by molar-refractivity contribution is 0.0299. The smallest absolute Gasteiger partial charge is 0.338 e. The number of rotatable bonds is 4. The molecule has 0 saturated carbocycles. The normalized spacial score (nSPS) is 12.5. The Bertz CT molecular complexity index is 399. The van der Waals surface area contributed by atoms with Gasteiger partial charge in [-0.15, -0.1) is 0 Å². The summed E-state index contributed by atoms with van der Waals surface area (Å²) in [7, 11) is 0. The lowest BCUT2D eigenvalue weighted by Crippen LogP contribution is -2.17. The van der Waals surface area contributed by atoms with Crippen LogP contribution >= 0.6 is 0 Å². The van der Waals surface area contributed by atoms with Gasteiger partial charge in [-0.25, -0.2) is 4.79 Å². The Kier molecular flexibility index (Phi) is 4.55. The quantitative estimate of drug-likeness (QED) is 0.644. The molecule has 3 nitrogen and oxygen atoms in total. The molecule has 1 rings (SSSR count). The van der Waals surface area contributed by atoms with Crippen molar-refractivity contribution >= 4 is 11.7 Å². The second-order valence-corrected chi connectivity index (χ2v) is 4.92. The number of ether oxygens (including phenoxy) is 1. The molecule has 0 amide bonds. The molecule has 0 radical (unpaired) electrons. The van der Waals surface area contributed by atoms with Gasteiger partial charge < -0.3 is 10.5 Å². The maximum atomic E-state index is 11.8. The van der Waals surface area contributed by atoms with Gasteiger partial charge in [0.2, 0.25) is 0 Å². The zero-order valence-corrected chi connectivity index (χ0v) is 11.0. The van der Waals surface area contributed by atoms with Gasteiger partial charge in [-0.05, 0) is 49.9 Å². The van der Waals surface area contributed by atoms with E-state index in [2.05, 4.69) is 13.8 Å². The van der Waals surface area contributed by atoms with Gasteiger partial charge in [-0.1, -0.05) is 13.8 Å². The Balaban J connectivity index is 2.66. The molecule has 1 aromatic carbocycles. The predicted molar refractivity (Wildman–Crippen MR) is 69.9 cm³/mol. The van der Waals surface area contributed by atoms with Crippen molar-refractivity contribution in [2.45, 2.75) is 40.2 Å². The van der Waals surface area contributed by atoms with Crippen LogP contribution in [0.4, 0.5) is 5.69 Å². The maximum Gasteiger partial charge on any atom is 0.338 e. The van der Waals surface area contributed by atoms with Crippen molar-refractivity contribution < 1.29 is 9.53 Å². The zero-order valence-electron chi connectivity index (χ0n) is 11.0. The summed E-state index contributed by atoms with van der Waals surface area (Å²) in [6.07, 6.45) is 0.819. The fourth-order valence-electron chi connectivity index (χ4n) is 1.77. The Morgan fingerprint density at radius 3 is 2.53 bits per heavy atom. The number of aryl methyl sites for hydroxylation is 1. The molecular formula is C14H21NO2. The van der Waals surface area contributed by atoms with Crippen molar-refractivity contribution in [1.82, 2.24) is 0 Å². The summed E-state index contributed by atoms with van der Waals surface area (Å²) < 4.78 is 5.36. The van der Waals surface area contributed by atoms with E-state index in [0.29, 0.717) is 17.2 Å². The molecule has 0 spiro atoms. The molecule has 94 valence electrons. The van der Waals surface area contributed by atoms with Crippen molar-refractivity contribution in [3.8, 4) is 0 Å². The van der Waals surface area contributed by atoms with E-state index in [1.54, 1.807) is 18.2 Å². The number of carbonyl (C=O) groups is 1. The Labute approximate surface area is 103 Å². The first-order chi connectivity index (χ1) is 7.90. The second kappa shape index (κ2) is 5.71. The topological polar surface area (TPSA) is 52.3 Å². The molecule has 0 heterocycles. The first-order valence-corrected chi connectivity index (χ1v) is 5.97. The highest BCUT2D eigenvalue weighted by Crippen LogP contribution is 2.15. The van der Waals surface area contributed by atoms with Crippen LogP contribution in [0.5, 0.6) is 0 Å². The molecular weight excluding hydrogens is 214 g/mol. The number of nitrogen functional groups attached to an aromatic ring is 1. The zero-order chi connectivity index (χ0) is 13.0. The monoisotopic (exact) mass is 235 g/mol. The SMILES string of the molecule is Cc1cc(C(=O)OC(C)CC(C)C)ccc1N. The molecule has 1 aromatic rings. The lowest BCUT2D eigenvalue weighted by Gasteiger charge is -2.15. The van der Waals surface area contributed by atoms with Crippen LogP contribution in [0.3, 0.4) is 0 Å². The van der Waals surface area contributed by atoms with Gasteiger partial charge in [-0.3, -0.25) is 0 Å². The minimum absolute atomic E-state index is 0.0552. The summed E-state index contributed by atoms with van der Waals surface area (Å²) >= 11 is 0. The van der Waals surface area contributed by atoms with Crippen LogP contribution in [0, 0.1) is 12.8 Å². The van der Waals surface area contributed by atoms with Crippen molar-refractivity contribution in [2.75, 3.05) is 5.73 Å². The van der Waals surface area contributed by atoms with Crippen LogP contribution in [-0.4, -0.2) is 12.1 Å². The minimum atomic E-state index is -0.277. The van der Waals surface area contributed by atoms with Gasteiger partial charge in [0.1, 0.15) is 0 Å². The Morgan fingerprint density at radius 1 is 1.35 bits per heavy atom. The fourth-order valence-corrected chi connectivity index (χ4v) is 1.77.